The van der Waals surface area contributed by atoms with Crippen LogP contribution >= 0.6 is 12.4 Å². The first-order valence-electron chi connectivity index (χ1n) is 10.5. The van der Waals surface area contributed by atoms with Crippen LogP contribution in [0.2, 0.25) is 0 Å². The van der Waals surface area contributed by atoms with Crippen molar-refractivity contribution < 1.29 is 14.4 Å². The van der Waals surface area contributed by atoms with Crippen molar-refractivity contribution in [2.45, 2.75) is 45.4 Å². The number of halogens is 1. The summed E-state index contributed by atoms with van der Waals surface area (Å²) in [5, 5.41) is 8.66. The molecule has 172 valence electrons. The zero-order chi connectivity index (χ0) is 22.5. The zero-order valence-electron chi connectivity index (χ0n) is 18.8. The summed E-state index contributed by atoms with van der Waals surface area (Å²) in [6, 6.07) is 14.8. The van der Waals surface area contributed by atoms with Crippen molar-refractivity contribution >= 4 is 35.8 Å². The second-order valence-electron chi connectivity index (χ2n) is 8.16. The quantitative estimate of drug-likeness (QED) is 0.595. The maximum absolute atomic E-state index is 13.6. The number of para-hydroxylation sites is 1. The minimum Gasteiger partial charge on any atom is -0.343 e. The van der Waals surface area contributed by atoms with Crippen molar-refractivity contribution in [3.8, 4) is 0 Å². The largest absolute Gasteiger partial charge is 0.343 e. The van der Waals surface area contributed by atoms with Gasteiger partial charge in [0.2, 0.25) is 11.8 Å². The topological polar surface area (TPSA) is 90.5 Å². The van der Waals surface area contributed by atoms with Crippen molar-refractivity contribution in [1.29, 1.82) is 0 Å². The Bertz CT molecular complexity index is 951. The first-order chi connectivity index (χ1) is 14.8. The summed E-state index contributed by atoms with van der Waals surface area (Å²) in [6.45, 7) is 5.83. The average molecular weight is 459 g/mol. The van der Waals surface area contributed by atoms with Crippen molar-refractivity contribution in [1.82, 2.24) is 15.5 Å². The van der Waals surface area contributed by atoms with Crippen LogP contribution in [0.15, 0.2) is 54.6 Å². The third-order valence-corrected chi connectivity index (χ3v) is 5.63. The molecule has 3 atom stereocenters. The van der Waals surface area contributed by atoms with E-state index in [-0.39, 0.29) is 36.0 Å². The van der Waals surface area contributed by atoms with Crippen LogP contribution in [-0.4, -0.2) is 41.8 Å². The summed E-state index contributed by atoms with van der Waals surface area (Å²) < 4.78 is 0. The van der Waals surface area contributed by atoms with Gasteiger partial charge in [-0.3, -0.25) is 14.4 Å². The normalized spacial score (nSPS) is 16.5. The minimum atomic E-state index is -0.760. The molecule has 1 aliphatic rings. The Morgan fingerprint density at radius 1 is 0.969 bits per heavy atom. The Hall–Kier alpha value is -2.90. The van der Waals surface area contributed by atoms with E-state index in [9.17, 15) is 14.4 Å². The van der Waals surface area contributed by atoms with E-state index in [4.69, 9.17) is 0 Å². The SMILES string of the molecule is CNC(C)C(=O)NC(C(=O)N1Cc2ccccc2C1C(=O)Nc1ccccc1)C(C)C.Cl. The molecule has 32 heavy (non-hydrogen) atoms. The van der Waals surface area contributed by atoms with Gasteiger partial charge in [0.15, 0.2) is 0 Å². The molecule has 0 saturated carbocycles. The fourth-order valence-corrected chi connectivity index (χ4v) is 3.71. The number of nitrogens with zero attached hydrogens (tertiary/aromatic N) is 1. The van der Waals surface area contributed by atoms with Crippen molar-refractivity contribution in [3.63, 3.8) is 0 Å². The number of likely N-dealkylation sites (N-methyl/N-ethyl adjacent to an activating group) is 1. The van der Waals surface area contributed by atoms with Gasteiger partial charge in [-0.25, -0.2) is 0 Å². The molecule has 0 radical (unpaired) electrons. The molecule has 2 aromatic rings. The highest BCUT2D eigenvalue weighted by Gasteiger charge is 2.41. The Kier molecular flexibility index (Phi) is 8.80. The van der Waals surface area contributed by atoms with Crippen LogP contribution in [0.1, 0.15) is 37.9 Å². The first kappa shape index (κ1) is 25.4. The van der Waals surface area contributed by atoms with Crippen molar-refractivity contribution in [2.75, 3.05) is 12.4 Å². The van der Waals surface area contributed by atoms with Gasteiger partial charge in [-0.05, 0) is 43.1 Å². The van der Waals surface area contributed by atoms with E-state index in [0.29, 0.717) is 12.2 Å². The predicted octanol–water partition coefficient (Wildman–Crippen LogP) is 2.88. The maximum Gasteiger partial charge on any atom is 0.251 e. The number of benzene rings is 2. The van der Waals surface area contributed by atoms with E-state index in [0.717, 1.165) is 11.1 Å². The van der Waals surface area contributed by atoms with Crippen LogP contribution < -0.4 is 16.0 Å². The number of hydrogen-bond donors (Lipinski definition) is 3. The molecule has 0 fully saturated rings. The molecule has 1 aliphatic heterocycles. The van der Waals surface area contributed by atoms with Gasteiger partial charge in [-0.15, -0.1) is 12.4 Å². The lowest BCUT2D eigenvalue weighted by atomic mass is 10.0. The van der Waals surface area contributed by atoms with Gasteiger partial charge < -0.3 is 20.9 Å². The summed E-state index contributed by atoms with van der Waals surface area (Å²) in [5.41, 5.74) is 2.41. The lowest BCUT2D eigenvalue weighted by molar-refractivity contribution is -0.143. The molecule has 3 N–H and O–H groups in total. The highest BCUT2D eigenvalue weighted by Crippen LogP contribution is 2.35. The van der Waals surface area contributed by atoms with E-state index in [2.05, 4.69) is 16.0 Å². The number of carbonyl (C=O) groups excluding carboxylic acids is 3. The van der Waals surface area contributed by atoms with Crippen LogP contribution in [0.4, 0.5) is 5.69 Å². The molecule has 3 rings (SSSR count). The van der Waals surface area contributed by atoms with E-state index >= 15 is 0 Å². The first-order valence-corrected chi connectivity index (χ1v) is 10.5. The molecule has 0 spiro atoms. The van der Waals surface area contributed by atoms with E-state index in [1.807, 2.05) is 56.3 Å². The molecule has 2 aromatic carbocycles. The van der Waals surface area contributed by atoms with Gasteiger partial charge in [-0.1, -0.05) is 56.3 Å². The summed E-state index contributed by atoms with van der Waals surface area (Å²) in [7, 11) is 1.69. The second kappa shape index (κ2) is 11.1. The summed E-state index contributed by atoms with van der Waals surface area (Å²) in [5.74, 6) is -0.934. The van der Waals surface area contributed by atoms with E-state index in [1.165, 1.54) is 0 Å². The number of anilines is 1. The molecule has 0 bridgehead atoms. The van der Waals surface area contributed by atoms with Crippen LogP contribution in [0, 0.1) is 5.92 Å². The monoisotopic (exact) mass is 458 g/mol. The molecular formula is C24H31ClN4O3. The Morgan fingerprint density at radius 2 is 1.59 bits per heavy atom. The third-order valence-electron chi connectivity index (χ3n) is 5.63. The van der Waals surface area contributed by atoms with Gasteiger partial charge >= 0.3 is 0 Å². The van der Waals surface area contributed by atoms with Crippen LogP contribution in [0.25, 0.3) is 0 Å². The maximum atomic E-state index is 13.6. The highest BCUT2D eigenvalue weighted by molar-refractivity contribution is 6.00. The van der Waals surface area contributed by atoms with Gasteiger partial charge in [0, 0.05) is 12.2 Å². The van der Waals surface area contributed by atoms with Gasteiger partial charge in [0.05, 0.1) is 6.04 Å². The number of fused-ring (bicyclic) bond motifs is 1. The summed E-state index contributed by atoms with van der Waals surface area (Å²) >= 11 is 0. The molecule has 0 saturated heterocycles. The fourth-order valence-electron chi connectivity index (χ4n) is 3.71. The number of hydrogen-bond acceptors (Lipinski definition) is 4. The summed E-state index contributed by atoms with van der Waals surface area (Å²) in [4.78, 5) is 40.9. The standard InChI is InChI=1S/C24H30N4O3.ClH/c1-15(2)20(27-22(29)16(3)25-4)24(31)28-14-17-10-8-9-13-19(17)21(28)23(30)26-18-11-6-5-7-12-18;/h5-13,15-16,20-21,25H,14H2,1-4H3,(H,26,30)(H,27,29);1H. The van der Waals surface area contributed by atoms with Crippen molar-refractivity contribution in [2.24, 2.45) is 5.92 Å². The van der Waals surface area contributed by atoms with Gasteiger partial charge in [0.25, 0.3) is 5.91 Å². The molecule has 0 aromatic heterocycles. The van der Waals surface area contributed by atoms with Crippen molar-refractivity contribution in [3.05, 3.63) is 65.7 Å². The summed E-state index contributed by atoms with van der Waals surface area (Å²) in [6.07, 6.45) is 0. The number of rotatable bonds is 7. The van der Waals surface area contributed by atoms with Gasteiger partial charge in [0.1, 0.15) is 12.1 Å². The second-order valence-corrected chi connectivity index (χ2v) is 8.16. The Balaban J connectivity index is 0.00000363. The molecule has 8 heteroatoms. The highest BCUT2D eigenvalue weighted by atomic mass is 35.5. The molecule has 3 unspecified atom stereocenters. The predicted molar refractivity (Wildman–Crippen MR) is 127 cm³/mol. The lowest BCUT2D eigenvalue weighted by Crippen LogP contribution is -2.55. The molecule has 0 aliphatic carbocycles. The molecule has 7 nitrogen and oxygen atoms in total. The zero-order valence-corrected chi connectivity index (χ0v) is 19.6. The Labute approximate surface area is 195 Å². The third kappa shape index (κ3) is 5.47. The van der Waals surface area contributed by atoms with E-state index in [1.54, 1.807) is 31.0 Å². The minimum absolute atomic E-state index is 0. The number of amides is 3. The smallest absolute Gasteiger partial charge is 0.251 e. The Morgan fingerprint density at radius 3 is 2.22 bits per heavy atom. The van der Waals surface area contributed by atoms with Crippen LogP contribution in [-0.2, 0) is 20.9 Å². The molecule has 3 amide bonds. The molecule has 1 heterocycles. The lowest BCUT2D eigenvalue weighted by Gasteiger charge is -2.31. The van der Waals surface area contributed by atoms with Crippen LogP contribution in [0.3, 0.4) is 0 Å². The number of carbonyl (C=O) groups is 3. The van der Waals surface area contributed by atoms with Crippen LogP contribution in [0.5, 0.6) is 0 Å². The number of nitrogens with one attached hydrogen (secondary N) is 3. The average Bonchev–Trinajstić information content (AvgIpc) is 3.16. The van der Waals surface area contributed by atoms with Gasteiger partial charge in [-0.2, -0.15) is 0 Å². The fraction of sp³-hybridized carbons (Fsp3) is 0.375. The van der Waals surface area contributed by atoms with E-state index < -0.39 is 18.1 Å². The molecular weight excluding hydrogens is 428 g/mol.